The van der Waals surface area contributed by atoms with E-state index in [4.69, 9.17) is 6.57 Å². The summed E-state index contributed by atoms with van der Waals surface area (Å²) in [5, 5.41) is 0.725. The minimum atomic E-state index is -0.0981. The molecule has 43 heavy (non-hydrogen) atoms. The molecule has 0 aliphatic heterocycles. The topological polar surface area (TPSA) is 64.3 Å². The molecule has 0 amide bonds. The van der Waals surface area contributed by atoms with Gasteiger partial charge in [0.1, 0.15) is 11.4 Å². The molecule has 6 rings (SSSR count). The molecule has 4 aromatic heterocycles. The number of alkyl halides is 1. The van der Waals surface area contributed by atoms with E-state index >= 15 is 0 Å². The molecule has 0 spiro atoms. The Kier molecular flexibility index (Phi) is 10.1. The predicted molar refractivity (Wildman–Crippen MR) is 178 cm³/mol. The van der Waals surface area contributed by atoms with Crippen LogP contribution in [-0.4, -0.2) is 21.5 Å². The summed E-state index contributed by atoms with van der Waals surface area (Å²) < 4.78 is 0. The number of nitrogens with zero attached hydrogens (tertiary/aromatic N) is 3. The zero-order valence-electron chi connectivity index (χ0n) is 22.8. The van der Waals surface area contributed by atoms with Crippen LogP contribution in [0, 0.1) is 6.57 Å². The molecule has 0 saturated heterocycles. The first-order valence-electron chi connectivity index (χ1n) is 13.3. The number of aromatic nitrogens is 2. The normalized spacial score (nSPS) is 10.3. The van der Waals surface area contributed by atoms with Crippen LogP contribution in [0.25, 0.3) is 25.7 Å². The molecule has 0 saturated carbocycles. The number of rotatable bonds is 8. The number of ketones is 2. The van der Waals surface area contributed by atoms with Crippen molar-refractivity contribution in [1.29, 1.82) is 0 Å². The van der Waals surface area contributed by atoms with Crippen LogP contribution in [0.1, 0.15) is 41.9 Å². The van der Waals surface area contributed by atoms with Crippen molar-refractivity contribution >= 4 is 50.2 Å². The second-order valence-electron chi connectivity index (χ2n) is 9.20. The number of hydrogen-bond donors (Lipinski definition) is 0. The lowest BCUT2D eigenvalue weighted by molar-refractivity contribution is 0.103. The average molecular weight is 663 g/mol. The highest BCUT2D eigenvalue weighted by atomic mass is 79.9. The van der Waals surface area contributed by atoms with Gasteiger partial charge in [-0.25, -0.2) is 6.57 Å². The quantitative estimate of drug-likeness (QED) is 0.0926. The number of carbonyl (C=O) groups excluding carboxylic acids is 2. The molecule has 0 radical (unpaired) electrons. The van der Waals surface area contributed by atoms with Gasteiger partial charge in [-0.1, -0.05) is 88.7 Å². The largest absolute Gasteiger partial charge is 0.312 e. The smallest absolute Gasteiger partial charge is 0.241 e. The lowest BCUT2D eigenvalue weighted by Gasteiger charge is -1.99. The molecule has 5 nitrogen and oxygen atoms in total. The molecular weight excluding hydrogens is 638 g/mol. The Morgan fingerprint density at radius 1 is 0.651 bits per heavy atom. The number of carbonyl (C=O) groups is 2. The van der Waals surface area contributed by atoms with Gasteiger partial charge in [0, 0.05) is 33.0 Å². The van der Waals surface area contributed by atoms with E-state index < -0.39 is 0 Å². The maximum atomic E-state index is 12.5. The number of halogens is 1. The van der Waals surface area contributed by atoms with Crippen LogP contribution in [0.5, 0.6) is 0 Å². The van der Waals surface area contributed by atoms with Gasteiger partial charge in [-0.2, -0.15) is 0 Å². The summed E-state index contributed by atoms with van der Waals surface area (Å²) in [4.78, 5) is 40.2. The van der Waals surface area contributed by atoms with Gasteiger partial charge in [0.2, 0.25) is 18.1 Å². The van der Waals surface area contributed by atoms with Crippen LogP contribution >= 0.6 is 38.6 Å². The highest BCUT2D eigenvalue weighted by Gasteiger charge is 2.19. The summed E-state index contributed by atoms with van der Waals surface area (Å²) in [5.74, 6) is -0.121. The molecule has 210 valence electrons. The van der Waals surface area contributed by atoms with Gasteiger partial charge < -0.3 is 4.85 Å². The number of pyridine rings is 2. The Hall–Kier alpha value is -4.55. The maximum absolute atomic E-state index is 12.5. The molecule has 0 atom stereocenters. The molecule has 0 fully saturated rings. The van der Waals surface area contributed by atoms with Crippen LogP contribution in [0.15, 0.2) is 122 Å². The summed E-state index contributed by atoms with van der Waals surface area (Å²) in [5.41, 5.74) is 5.11. The van der Waals surface area contributed by atoms with Crippen molar-refractivity contribution in [2.75, 3.05) is 0 Å². The van der Waals surface area contributed by atoms with Gasteiger partial charge in [-0.3, -0.25) is 19.6 Å². The molecule has 8 heteroatoms. The van der Waals surface area contributed by atoms with E-state index in [1.807, 2.05) is 72.8 Å². The fourth-order valence-electron chi connectivity index (χ4n) is 4.30. The van der Waals surface area contributed by atoms with Gasteiger partial charge in [0.15, 0.2) is 0 Å². The summed E-state index contributed by atoms with van der Waals surface area (Å²) in [7, 11) is 0. The summed E-state index contributed by atoms with van der Waals surface area (Å²) in [6.07, 6.45) is 3.25. The third kappa shape index (κ3) is 7.27. The number of hydrogen-bond acceptors (Lipinski definition) is 6. The minimum Gasteiger partial charge on any atom is -0.312 e. The van der Waals surface area contributed by atoms with E-state index in [-0.39, 0.29) is 18.1 Å². The van der Waals surface area contributed by atoms with E-state index in [0.29, 0.717) is 16.3 Å². The highest BCUT2D eigenvalue weighted by molar-refractivity contribution is 9.08. The molecule has 0 N–H and O–H groups in total. The van der Waals surface area contributed by atoms with Gasteiger partial charge in [0.25, 0.3) is 0 Å². The zero-order chi connectivity index (χ0) is 30.0. The van der Waals surface area contributed by atoms with Crippen LogP contribution in [-0.2, 0) is 11.9 Å². The maximum Gasteiger partial charge on any atom is 0.241 e. The summed E-state index contributed by atoms with van der Waals surface area (Å²) >= 11 is 6.45. The van der Waals surface area contributed by atoms with Crippen LogP contribution in [0.4, 0.5) is 0 Å². The van der Waals surface area contributed by atoms with Crippen molar-refractivity contribution in [1.82, 2.24) is 9.97 Å². The van der Waals surface area contributed by atoms with E-state index in [9.17, 15) is 9.59 Å². The predicted octanol–water partition coefficient (Wildman–Crippen LogP) is 9.40. The Labute approximate surface area is 266 Å². The number of thiophene rings is 2. The summed E-state index contributed by atoms with van der Waals surface area (Å²) in [6, 6.07) is 34.4. The molecule has 0 bridgehead atoms. The monoisotopic (exact) mass is 661 g/mol. The fraction of sp³-hybridized carbons (Fsp3) is 0.0571. The summed E-state index contributed by atoms with van der Waals surface area (Å²) in [6.45, 7) is 7.39. The van der Waals surface area contributed by atoms with Gasteiger partial charge in [-0.15, -0.1) is 22.7 Å². The Morgan fingerprint density at radius 3 is 1.51 bits per heavy atom. The number of benzene rings is 2. The lowest BCUT2D eigenvalue weighted by atomic mass is 10.1. The van der Waals surface area contributed by atoms with E-state index in [1.54, 1.807) is 36.7 Å². The Bertz CT molecular complexity index is 1860. The first-order chi connectivity index (χ1) is 21.1. The first kappa shape index (κ1) is 29.9. The molecule has 4 heterocycles. The average Bonchev–Trinajstić information content (AvgIpc) is 3.71. The molecule has 0 unspecified atom stereocenters. The van der Waals surface area contributed by atoms with E-state index in [1.165, 1.54) is 22.7 Å². The molecule has 2 aromatic carbocycles. The van der Waals surface area contributed by atoms with Crippen molar-refractivity contribution < 1.29 is 9.59 Å². The van der Waals surface area contributed by atoms with E-state index in [0.717, 1.165) is 42.2 Å². The molecule has 0 aliphatic rings. The standard InChI is InChI=1S/C18H12N2OS.C17H12BrNOS/c1-19-12-14-11-16(17(21)15-9-5-6-10-20-15)22-18(14)13-7-3-2-4-8-13;18-11-13-10-15(16(20)14-8-4-5-9-19-14)21-17(13)12-6-2-1-3-7-12/h2-11H,12H2;1-10H,11H2. The Morgan fingerprint density at radius 2 is 1.09 bits per heavy atom. The zero-order valence-corrected chi connectivity index (χ0v) is 26.0. The van der Waals surface area contributed by atoms with E-state index in [2.05, 4.69) is 42.9 Å². The Balaban J connectivity index is 0.000000171. The molecule has 6 aromatic rings. The first-order valence-corrected chi connectivity index (χ1v) is 16.0. The van der Waals surface area contributed by atoms with Gasteiger partial charge >= 0.3 is 0 Å². The minimum absolute atomic E-state index is 0.0232. The second-order valence-corrected chi connectivity index (χ2v) is 11.9. The fourth-order valence-corrected chi connectivity index (χ4v) is 7.19. The lowest BCUT2D eigenvalue weighted by Crippen LogP contribution is -2.00. The van der Waals surface area contributed by atoms with Crippen molar-refractivity contribution in [3.05, 3.63) is 165 Å². The third-order valence-corrected chi connectivity index (χ3v) is 9.38. The van der Waals surface area contributed by atoms with Crippen LogP contribution in [0.3, 0.4) is 0 Å². The second kappa shape index (κ2) is 14.6. The molecule has 0 aliphatic carbocycles. The van der Waals surface area contributed by atoms with Crippen LogP contribution < -0.4 is 0 Å². The third-order valence-electron chi connectivity index (χ3n) is 6.33. The molecular formula is C35H24BrN3O2S2. The highest BCUT2D eigenvalue weighted by Crippen LogP contribution is 2.36. The van der Waals surface area contributed by atoms with Crippen LogP contribution in [0.2, 0.25) is 0 Å². The van der Waals surface area contributed by atoms with Gasteiger partial charge in [-0.05, 0) is 53.1 Å². The van der Waals surface area contributed by atoms with Crippen molar-refractivity contribution in [3.63, 3.8) is 0 Å². The SMILES string of the molecule is O=C(c1ccccn1)c1cc(CBr)c(-c2ccccc2)s1.[C-]#[N+]Cc1cc(C(=O)c2ccccn2)sc1-c1ccccc1. The van der Waals surface area contributed by atoms with Crippen molar-refractivity contribution in [2.24, 2.45) is 0 Å². The van der Waals surface area contributed by atoms with Crippen molar-refractivity contribution in [3.8, 4) is 20.9 Å². The van der Waals surface area contributed by atoms with Gasteiger partial charge in [0.05, 0.1) is 9.75 Å². The van der Waals surface area contributed by atoms with Crippen molar-refractivity contribution in [2.45, 2.75) is 11.9 Å².